The normalized spacial score (nSPS) is 15.3. The molecule has 0 unspecified atom stereocenters. The van der Waals surface area contributed by atoms with E-state index in [1.807, 2.05) is 6.92 Å². The number of amides is 1. The highest BCUT2D eigenvalue weighted by atomic mass is 32.2. The largest absolute Gasteiger partial charge is 0.494 e. The lowest BCUT2D eigenvalue weighted by Crippen LogP contribution is -2.21. The smallest absolute Gasteiger partial charge is 0.317 e. The number of sulfonamides is 1. The first kappa shape index (κ1) is 19.5. The summed E-state index contributed by atoms with van der Waals surface area (Å²) in [5.41, 5.74) is 0.730. The molecule has 0 saturated heterocycles. The molecule has 0 aliphatic carbocycles. The summed E-state index contributed by atoms with van der Waals surface area (Å²) in [6.07, 6.45) is 1.24. The first-order valence-corrected chi connectivity index (χ1v) is 10.5. The highest BCUT2D eigenvalue weighted by Crippen LogP contribution is 2.21. The van der Waals surface area contributed by atoms with Gasteiger partial charge in [-0.2, -0.15) is 4.99 Å². The van der Waals surface area contributed by atoms with Gasteiger partial charge in [0, 0.05) is 13.2 Å². The molecule has 0 saturated carbocycles. The molecule has 0 radical (unpaired) electrons. The Balaban J connectivity index is 2.08. The van der Waals surface area contributed by atoms with E-state index < -0.39 is 15.9 Å². The number of rotatable bonds is 6. The lowest BCUT2D eigenvalue weighted by Gasteiger charge is -2.12. The number of hydrogen-bond donors (Lipinski definition) is 1. The van der Waals surface area contributed by atoms with Crippen molar-refractivity contribution in [2.75, 3.05) is 26.4 Å². The van der Waals surface area contributed by atoms with E-state index in [1.165, 1.54) is 29.7 Å². The van der Waals surface area contributed by atoms with Crippen LogP contribution in [-0.4, -0.2) is 45.3 Å². The van der Waals surface area contributed by atoms with Crippen LogP contribution in [0.3, 0.4) is 0 Å². The van der Waals surface area contributed by atoms with E-state index in [0.29, 0.717) is 35.9 Å². The molecule has 0 fully saturated rings. The number of carbonyl (C=O) groups is 1. The zero-order valence-corrected chi connectivity index (χ0v) is 16.2. The quantitative estimate of drug-likeness (QED) is 0.696. The van der Waals surface area contributed by atoms with Gasteiger partial charge in [-0.1, -0.05) is 11.3 Å². The van der Waals surface area contributed by atoms with Gasteiger partial charge in [0.15, 0.2) is 4.80 Å². The van der Waals surface area contributed by atoms with Gasteiger partial charge in [-0.15, -0.1) is 0 Å². The lowest BCUT2D eigenvalue weighted by atomic mass is 10.3. The van der Waals surface area contributed by atoms with Crippen LogP contribution in [0.1, 0.15) is 6.92 Å². The minimum Gasteiger partial charge on any atom is -0.494 e. The van der Waals surface area contributed by atoms with E-state index >= 15 is 0 Å². The van der Waals surface area contributed by atoms with Gasteiger partial charge in [0.2, 0.25) is 15.8 Å². The van der Waals surface area contributed by atoms with Crippen molar-refractivity contribution >= 4 is 37.5 Å². The molecule has 11 heteroatoms. The van der Waals surface area contributed by atoms with Crippen molar-refractivity contribution in [1.82, 2.24) is 4.57 Å². The van der Waals surface area contributed by atoms with Gasteiger partial charge >= 0.3 is 5.91 Å². The van der Waals surface area contributed by atoms with E-state index in [4.69, 9.17) is 19.3 Å². The van der Waals surface area contributed by atoms with E-state index in [2.05, 4.69) is 4.99 Å². The van der Waals surface area contributed by atoms with Crippen LogP contribution < -0.4 is 9.94 Å². The van der Waals surface area contributed by atoms with E-state index in [1.54, 1.807) is 10.6 Å². The number of primary sulfonamides is 1. The molecule has 9 nitrogen and oxygen atoms in total. The second-order valence-corrected chi connectivity index (χ2v) is 8.10. The maximum Gasteiger partial charge on any atom is 0.317 e. The van der Waals surface area contributed by atoms with Crippen molar-refractivity contribution < 1.29 is 27.4 Å². The number of nitrogens with two attached hydrogens (primary N) is 1. The molecule has 0 spiro atoms. The van der Waals surface area contributed by atoms with Gasteiger partial charge in [-0.3, -0.25) is 4.79 Å². The number of nitrogens with zero attached hydrogens (tertiary/aromatic N) is 2. The molecule has 0 bridgehead atoms. The van der Waals surface area contributed by atoms with Crippen molar-refractivity contribution in [3.05, 3.63) is 35.0 Å². The number of hydrogen-bond acceptors (Lipinski definition) is 7. The van der Waals surface area contributed by atoms with Gasteiger partial charge in [-0.25, -0.2) is 13.6 Å². The second kappa shape index (κ2) is 8.21. The first-order chi connectivity index (χ1) is 12.9. The topological polar surface area (TPSA) is 122 Å². The zero-order chi connectivity index (χ0) is 19.4. The Kier molecular flexibility index (Phi) is 5.95. The third kappa shape index (κ3) is 4.56. The summed E-state index contributed by atoms with van der Waals surface area (Å²) >= 11 is 1.18. The Morgan fingerprint density at radius 2 is 2.22 bits per heavy atom. The van der Waals surface area contributed by atoms with Gasteiger partial charge in [0.05, 0.1) is 21.7 Å². The maximum absolute atomic E-state index is 12.4. The molecule has 1 aromatic carbocycles. The maximum atomic E-state index is 12.4. The highest BCUT2D eigenvalue weighted by molar-refractivity contribution is 7.89. The molecule has 1 aromatic heterocycles. The summed E-state index contributed by atoms with van der Waals surface area (Å²) in [6, 6.07) is 4.53. The summed E-state index contributed by atoms with van der Waals surface area (Å²) in [5.74, 6) is -0.543. The molecule has 0 atom stereocenters. The van der Waals surface area contributed by atoms with Crippen LogP contribution in [0.5, 0.6) is 0 Å². The summed E-state index contributed by atoms with van der Waals surface area (Å²) in [6.45, 7) is 3.97. The third-order valence-corrected chi connectivity index (χ3v) is 5.66. The number of carbonyl (C=O) groups excluding carboxylic acids is 1. The highest BCUT2D eigenvalue weighted by Gasteiger charge is 2.17. The molecular formula is C16H19N3O6S2. The molecule has 3 rings (SSSR count). The van der Waals surface area contributed by atoms with Gasteiger partial charge in [-0.05, 0) is 25.1 Å². The molecule has 2 aromatic rings. The molecular weight excluding hydrogens is 394 g/mol. The number of thiazole rings is 1. The number of ether oxygens (including phenoxy) is 3. The number of fused-ring (bicyclic) bond motifs is 1. The van der Waals surface area contributed by atoms with Crippen molar-refractivity contribution in [2.45, 2.75) is 18.4 Å². The lowest BCUT2D eigenvalue weighted by molar-refractivity contribution is -0.119. The Bertz CT molecular complexity index is 1050. The fourth-order valence-corrected chi connectivity index (χ4v) is 4.16. The molecule has 1 aliphatic rings. The van der Waals surface area contributed by atoms with Gasteiger partial charge < -0.3 is 18.8 Å². The minimum absolute atomic E-state index is 0.00203. The summed E-state index contributed by atoms with van der Waals surface area (Å²) in [5, 5.41) is 5.20. The van der Waals surface area contributed by atoms with Crippen LogP contribution >= 0.6 is 11.3 Å². The Morgan fingerprint density at radius 1 is 1.41 bits per heavy atom. The predicted octanol–water partition coefficient (Wildman–Crippen LogP) is 0.702. The fraction of sp³-hybridized carbons (Fsp3) is 0.375. The Labute approximate surface area is 159 Å². The SMILES string of the molecule is CCOCCn1c(=NC(=O)C2=COCCO2)sc2cc(S(N)(=O)=O)ccc21. The average molecular weight is 413 g/mol. The van der Waals surface area contributed by atoms with Crippen LogP contribution in [0, 0.1) is 0 Å². The molecule has 2 N–H and O–H groups in total. The van der Waals surface area contributed by atoms with Crippen molar-refractivity contribution in [3.63, 3.8) is 0 Å². The predicted molar refractivity (Wildman–Crippen MR) is 98.2 cm³/mol. The monoisotopic (exact) mass is 413 g/mol. The van der Waals surface area contributed by atoms with E-state index in [-0.39, 0.29) is 17.3 Å². The summed E-state index contributed by atoms with van der Waals surface area (Å²) in [4.78, 5) is 16.9. The molecule has 1 aliphatic heterocycles. The van der Waals surface area contributed by atoms with E-state index in [9.17, 15) is 13.2 Å². The van der Waals surface area contributed by atoms with Crippen LogP contribution in [-0.2, 0) is 35.6 Å². The fourth-order valence-electron chi connectivity index (χ4n) is 2.45. The minimum atomic E-state index is -3.83. The second-order valence-electron chi connectivity index (χ2n) is 5.53. The van der Waals surface area contributed by atoms with Crippen LogP contribution in [0.25, 0.3) is 10.2 Å². The average Bonchev–Trinajstić information content (AvgIpc) is 2.98. The first-order valence-electron chi connectivity index (χ1n) is 8.17. The van der Waals surface area contributed by atoms with Crippen molar-refractivity contribution in [3.8, 4) is 0 Å². The van der Waals surface area contributed by atoms with Crippen LogP contribution in [0.15, 0.2) is 40.1 Å². The third-order valence-electron chi connectivity index (χ3n) is 3.70. The Hall–Kier alpha value is -2.21. The van der Waals surface area contributed by atoms with Gasteiger partial charge in [0.1, 0.15) is 19.5 Å². The molecule has 2 heterocycles. The zero-order valence-electron chi connectivity index (χ0n) is 14.6. The summed E-state index contributed by atoms with van der Waals surface area (Å²) in [7, 11) is -3.83. The molecule has 27 heavy (non-hydrogen) atoms. The molecule has 1 amide bonds. The number of aromatic nitrogens is 1. The number of benzene rings is 1. The van der Waals surface area contributed by atoms with Crippen molar-refractivity contribution in [2.24, 2.45) is 10.1 Å². The standard InChI is InChI=1S/C16H19N3O6S2/c1-2-23-6-5-19-12-4-3-11(27(17,21)22)9-14(12)26-16(19)18-15(20)13-10-24-7-8-25-13/h3-4,9-10H,2,5-8H2,1H3,(H2,17,21,22). The Morgan fingerprint density at radius 3 is 2.89 bits per heavy atom. The van der Waals surface area contributed by atoms with E-state index in [0.717, 1.165) is 5.52 Å². The molecule has 146 valence electrons. The van der Waals surface area contributed by atoms with Crippen molar-refractivity contribution in [1.29, 1.82) is 0 Å². The van der Waals surface area contributed by atoms with Gasteiger partial charge in [0.25, 0.3) is 0 Å². The van der Waals surface area contributed by atoms with Crippen LogP contribution in [0.2, 0.25) is 0 Å². The summed E-state index contributed by atoms with van der Waals surface area (Å²) < 4.78 is 41.4. The van der Waals surface area contributed by atoms with Crippen LogP contribution in [0.4, 0.5) is 0 Å².